The first-order chi connectivity index (χ1) is 13.1. The van der Waals surface area contributed by atoms with Gasteiger partial charge in [-0.05, 0) is 31.7 Å². The molecule has 6 nitrogen and oxygen atoms in total. The number of benzene rings is 1. The topological polar surface area (TPSA) is 69.2 Å². The van der Waals surface area contributed by atoms with Crippen molar-refractivity contribution in [3.05, 3.63) is 35.4 Å². The molecule has 1 N–H and O–H groups in total. The molecule has 0 bridgehead atoms. The summed E-state index contributed by atoms with van der Waals surface area (Å²) in [5.41, 5.74) is 2.86. The number of ether oxygens (including phenoxy) is 2. The van der Waals surface area contributed by atoms with Gasteiger partial charge in [0.15, 0.2) is 0 Å². The third-order valence-electron chi connectivity index (χ3n) is 5.55. The Morgan fingerprint density at radius 2 is 2.11 bits per heavy atom. The fourth-order valence-electron chi connectivity index (χ4n) is 3.92. The highest BCUT2D eigenvalue weighted by atomic mass is 16.6. The van der Waals surface area contributed by atoms with Gasteiger partial charge in [0.05, 0.1) is 11.1 Å². The molecule has 2 aliphatic rings. The van der Waals surface area contributed by atoms with Gasteiger partial charge in [0.1, 0.15) is 6.10 Å². The van der Waals surface area contributed by atoms with Gasteiger partial charge in [0, 0.05) is 51.9 Å². The van der Waals surface area contributed by atoms with E-state index in [0.29, 0.717) is 32.8 Å². The summed E-state index contributed by atoms with van der Waals surface area (Å²) in [7, 11) is 1.67. The molecular weight excluding hydrogens is 344 g/mol. The molecule has 2 heterocycles. The summed E-state index contributed by atoms with van der Waals surface area (Å²) in [4.78, 5) is 18.7. The highest BCUT2D eigenvalue weighted by Crippen LogP contribution is 2.38. The Kier molecular flexibility index (Phi) is 6.85. The summed E-state index contributed by atoms with van der Waals surface area (Å²) < 4.78 is 10.6. The quantitative estimate of drug-likeness (QED) is 0.711. The monoisotopic (exact) mass is 374 g/mol. The minimum absolute atomic E-state index is 0.0672. The van der Waals surface area contributed by atoms with Crippen molar-refractivity contribution in [2.24, 2.45) is 10.6 Å². The third kappa shape index (κ3) is 4.87. The predicted octanol–water partition coefficient (Wildman–Crippen LogP) is 2.83. The summed E-state index contributed by atoms with van der Waals surface area (Å²) >= 11 is 0. The number of nitrogens with one attached hydrogen (secondary N) is 1. The zero-order chi connectivity index (χ0) is 19.1. The highest BCUT2D eigenvalue weighted by Gasteiger charge is 2.43. The fourth-order valence-corrected chi connectivity index (χ4v) is 3.92. The number of amides is 1. The van der Waals surface area contributed by atoms with Gasteiger partial charge < -0.3 is 19.6 Å². The molecule has 6 heteroatoms. The van der Waals surface area contributed by atoms with E-state index >= 15 is 0 Å². The van der Waals surface area contributed by atoms with E-state index in [2.05, 4.69) is 29.5 Å². The molecule has 0 aromatic heterocycles. The van der Waals surface area contributed by atoms with Crippen molar-refractivity contribution in [3.8, 4) is 0 Å². The number of rotatable bonds is 8. The minimum atomic E-state index is -0.438. The largest absolute Gasteiger partial charge is 0.392 e. The summed E-state index contributed by atoms with van der Waals surface area (Å²) in [5, 5.41) is 7.41. The van der Waals surface area contributed by atoms with Crippen molar-refractivity contribution in [3.63, 3.8) is 0 Å². The average molecular weight is 374 g/mol. The third-order valence-corrected chi connectivity index (χ3v) is 5.55. The van der Waals surface area contributed by atoms with Crippen LogP contribution in [0.1, 0.15) is 43.2 Å². The fraction of sp³-hybridized carbons (Fsp3) is 0.619. The smallest absolute Gasteiger partial charge is 0.226 e. The lowest BCUT2D eigenvalue weighted by atomic mass is 9.74. The zero-order valence-electron chi connectivity index (χ0n) is 16.3. The van der Waals surface area contributed by atoms with Crippen LogP contribution in [0.2, 0.25) is 0 Å². The Morgan fingerprint density at radius 3 is 2.85 bits per heavy atom. The van der Waals surface area contributed by atoms with Gasteiger partial charge in [0.25, 0.3) is 0 Å². The summed E-state index contributed by atoms with van der Waals surface area (Å²) in [6.07, 6.45) is 3.61. The first-order valence-corrected chi connectivity index (χ1v) is 9.78. The Morgan fingerprint density at radius 1 is 1.33 bits per heavy atom. The van der Waals surface area contributed by atoms with E-state index in [1.54, 1.807) is 7.11 Å². The lowest BCUT2D eigenvalue weighted by Gasteiger charge is -2.37. The second-order valence-electron chi connectivity index (χ2n) is 7.48. The molecule has 0 saturated carbocycles. The standard InChI is InChI=1S/C21H30N2O4/c1-16-6-3-4-7-18(16)19-14-17(27-23-19)15-21(8-12-26-13-9-21)20(24)22-10-5-11-25-2/h3-4,6-7,17H,5,8-15H2,1-2H3,(H,22,24)/t17-/m0/s1. The van der Waals surface area contributed by atoms with Crippen LogP contribution in [0.15, 0.2) is 29.4 Å². The Balaban J connectivity index is 1.62. The van der Waals surface area contributed by atoms with E-state index < -0.39 is 5.41 Å². The summed E-state index contributed by atoms with van der Waals surface area (Å²) in [6.45, 7) is 4.59. The molecule has 1 fully saturated rings. The van der Waals surface area contributed by atoms with E-state index in [0.717, 1.165) is 37.0 Å². The molecule has 0 aliphatic carbocycles. The van der Waals surface area contributed by atoms with E-state index in [4.69, 9.17) is 14.3 Å². The molecule has 1 aromatic rings. The maximum absolute atomic E-state index is 13.0. The first-order valence-electron chi connectivity index (χ1n) is 9.78. The molecule has 3 rings (SSSR count). The highest BCUT2D eigenvalue weighted by molar-refractivity contribution is 6.02. The number of nitrogens with zero attached hydrogens (tertiary/aromatic N) is 1. The van der Waals surface area contributed by atoms with Crippen LogP contribution in [-0.2, 0) is 19.1 Å². The van der Waals surface area contributed by atoms with Crippen LogP contribution in [0.4, 0.5) is 0 Å². The van der Waals surface area contributed by atoms with Gasteiger partial charge >= 0.3 is 0 Å². The van der Waals surface area contributed by atoms with Crippen molar-refractivity contribution in [2.75, 3.05) is 33.5 Å². The second kappa shape index (κ2) is 9.33. The molecule has 0 radical (unpaired) electrons. The molecule has 0 unspecified atom stereocenters. The van der Waals surface area contributed by atoms with Crippen LogP contribution < -0.4 is 5.32 Å². The first kappa shape index (κ1) is 19.8. The average Bonchev–Trinajstić information content (AvgIpc) is 3.14. The Labute approximate surface area is 161 Å². The van der Waals surface area contributed by atoms with E-state index in [1.807, 2.05) is 12.1 Å². The van der Waals surface area contributed by atoms with Crippen LogP contribution in [0, 0.1) is 12.3 Å². The van der Waals surface area contributed by atoms with Crippen LogP contribution >= 0.6 is 0 Å². The number of methoxy groups -OCH3 is 1. The molecule has 1 saturated heterocycles. The Hall–Kier alpha value is -1.92. The zero-order valence-corrected chi connectivity index (χ0v) is 16.3. The van der Waals surface area contributed by atoms with E-state index in [-0.39, 0.29) is 12.0 Å². The SMILES string of the molecule is COCCCNC(=O)C1(C[C@@H]2CC(c3ccccc3C)=NO2)CCOCC1. The van der Waals surface area contributed by atoms with Crippen LogP contribution in [0.3, 0.4) is 0 Å². The number of carbonyl (C=O) groups is 1. The van der Waals surface area contributed by atoms with Crippen molar-refractivity contribution >= 4 is 11.6 Å². The molecule has 148 valence electrons. The summed E-state index contributed by atoms with van der Waals surface area (Å²) in [5.74, 6) is 0.106. The molecular formula is C21H30N2O4. The lowest BCUT2D eigenvalue weighted by molar-refractivity contribution is -0.140. The molecule has 1 amide bonds. The summed E-state index contributed by atoms with van der Waals surface area (Å²) in [6, 6.07) is 8.20. The van der Waals surface area contributed by atoms with Gasteiger partial charge in [-0.15, -0.1) is 0 Å². The van der Waals surface area contributed by atoms with Crippen LogP contribution in [0.25, 0.3) is 0 Å². The van der Waals surface area contributed by atoms with Crippen LogP contribution in [0.5, 0.6) is 0 Å². The van der Waals surface area contributed by atoms with Gasteiger partial charge in [-0.3, -0.25) is 4.79 Å². The van der Waals surface area contributed by atoms with E-state index in [1.165, 1.54) is 5.56 Å². The normalized spacial score (nSPS) is 21.4. The molecule has 0 spiro atoms. The van der Waals surface area contributed by atoms with Crippen molar-refractivity contribution in [1.29, 1.82) is 0 Å². The maximum atomic E-state index is 13.0. The number of aryl methyl sites for hydroxylation is 1. The van der Waals surface area contributed by atoms with Gasteiger partial charge in [-0.1, -0.05) is 29.4 Å². The Bertz CT molecular complexity index is 668. The number of hydrogen-bond acceptors (Lipinski definition) is 5. The number of carbonyl (C=O) groups excluding carboxylic acids is 1. The maximum Gasteiger partial charge on any atom is 0.226 e. The molecule has 27 heavy (non-hydrogen) atoms. The molecule has 2 aliphatic heterocycles. The van der Waals surface area contributed by atoms with Crippen molar-refractivity contribution in [1.82, 2.24) is 5.32 Å². The predicted molar refractivity (Wildman–Crippen MR) is 104 cm³/mol. The molecule has 1 atom stereocenters. The van der Waals surface area contributed by atoms with Gasteiger partial charge in [-0.2, -0.15) is 0 Å². The molecule has 1 aromatic carbocycles. The number of hydrogen-bond donors (Lipinski definition) is 1. The van der Waals surface area contributed by atoms with Crippen molar-refractivity contribution < 1.29 is 19.1 Å². The lowest BCUT2D eigenvalue weighted by Crippen LogP contribution is -2.47. The van der Waals surface area contributed by atoms with Crippen molar-refractivity contribution in [2.45, 2.75) is 45.1 Å². The van der Waals surface area contributed by atoms with E-state index in [9.17, 15) is 4.79 Å². The second-order valence-corrected chi connectivity index (χ2v) is 7.48. The van der Waals surface area contributed by atoms with Gasteiger partial charge in [0.2, 0.25) is 5.91 Å². The van der Waals surface area contributed by atoms with Crippen LogP contribution in [-0.4, -0.2) is 51.2 Å². The van der Waals surface area contributed by atoms with Gasteiger partial charge in [-0.25, -0.2) is 0 Å². The minimum Gasteiger partial charge on any atom is -0.392 e. The number of oxime groups is 1.